The summed E-state index contributed by atoms with van der Waals surface area (Å²) in [6, 6.07) is 4.69. The zero-order valence-corrected chi connectivity index (χ0v) is 15.3. The Hall–Kier alpha value is -2.71. The largest absolute Gasteiger partial charge is 0.394 e. The molecular weight excluding hydrogens is 353 g/mol. The first-order valence-electron chi connectivity index (χ1n) is 8.76. The first-order valence-corrected chi connectivity index (χ1v) is 8.76. The average Bonchev–Trinajstić information content (AvgIpc) is 3.11. The van der Waals surface area contributed by atoms with Crippen LogP contribution in [0.25, 0.3) is 0 Å². The van der Waals surface area contributed by atoms with Crippen molar-refractivity contribution in [1.82, 2.24) is 10.0 Å². The molecule has 0 spiro atoms. The van der Waals surface area contributed by atoms with Crippen LogP contribution in [-0.2, 0) is 17.8 Å². The van der Waals surface area contributed by atoms with Crippen molar-refractivity contribution in [1.29, 1.82) is 0 Å². The Labute approximate surface area is 155 Å². The Morgan fingerprint density at radius 3 is 2.85 bits per heavy atom. The van der Waals surface area contributed by atoms with E-state index in [2.05, 4.69) is 10.8 Å². The number of aliphatic hydroxyl groups excluding tert-OH is 1. The molecule has 2 heterocycles. The van der Waals surface area contributed by atoms with Gasteiger partial charge in [0.05, 0.1) is 30.2 Å². The van der Waals surface area contributed by atoms with Crippen LogP contribution in [0.15, 0.2) is 23.0 Å². The molecule has 0 atom stereocenters. The number of nitrogens with one attached hydrogen (secondary N) is 2. The predicted molar refractivity (Wildman–Crippen MR) is 98.7 cm³/mol. The lowest BCUT2D eigenvalue weighted by Gasteiger charge is -2.19. The van der Waals surface area contributed by atoms with Crippen molar-refractivity contribution < 1.29 is 19.1 Å². The van der Waals surface area contributed by atoms with Gasteiger partial charge < -0.3 is 15.0 Å². The van der Waals surface area contributed by atoms with Gasteiger partial charge in [0.1, 0.15) is 5.82 Å². The number of benzene rings is 1. The number of rotatable bonds is 6. The molecule has 0 fully saturated rings. The van der Waals surface area contributed by atoms with Crippen molar-refractivity contribution in [2.24, 2.45) is 0 Å². The van der Waals surface area contributed by atoms with Crippen molar-refractivity contribution in [2.45, 2.75) is 33.2 Å². The maximum absolute atomic E-state index is 14.3. The Balaban J connectivity index is 2.09. The van der Waals surface area contributed by atoms with E-state index in [0.29, 0.717) is 24.2 Å². The van der Waals surface area contributed by atoms with Gasteiger partial charge in [-0.25, -0.2) is 9.87 Å². The number of anilines is 2. The summed E-state index contributed by atoms with van der Waals surface area (Å²) in [4.78, 5) is 30.3. The molecule has 144 valence electrons. The van der Waals surface area contributed by atoms with Gasteiger partial charge in [0.25, 0.3) is 11.5 Å². The van der Waals surface area contributed by atoms with Crippen LogP contribution in [0.5, 0.6) is 0 Å². The third-order valence-corrected chi connectivity index (χ3v) is 4.57. The molecule has 1 aliphatic heterocycles. The van der Waals surface area contributed by atoms with Crippen LogP contribution in [0.1, 0.15) is 33.6 Å². The van der Waals surface area contributed by atoms with E-state index in [-0.39, 0.29) is 35.7 Å². The Morgan fingerprint density at radius 1 is 1.37 bits per heavy atom. The molecule has 1 aromatic carbocycles. The number of aliphatic hydroxyl groups is 1. The fourth-order valence-corrected chi connectivity index (χ4v) is 3.27. The van der Waals surface area contributed by atoms with Crippen LogP contribution >= 0.6 is 0 Å². The van der Waals surface area contributed by atoms with Gasteiger partial charge >= 0.3 is 0 Å². The summed E-state index contributed by atoms with van der Waals surface area (Å²) < 4.78 is 15.9. The van der Waals surface area contributed by atoms with Gasteiger partial charge in [-0.05, 0) is 44.4 Å². The summed E-state index contributed by atoms with van der Waals surface area (Å²) in [5.41, 5.74) is 4.45. The Morgan fingerprint density at radius 2 is 2.15 bits per heavy atom. The molecule has 0 radical (unpaired) electrons. The minimum absolute atomic E-state index is 0.0605. The quantitative estimate of drug-likeness (QED) is 0.530. The molecule has 1 amide bonds. The van der Waals surface area contributed by atoms with Crippen molar-refractivity contribution in [3.63, 3.8) is 0 Å². The molecule has 1 aliphatic rings. The molecule has 0 aliphatic carbocycles. The third-order valence-electron chi connectivity index (χ3n) is 4.57. The number of hydrogen-bond acceptors (Lipinski definition) is 5. The molecule has 8 heteroatoms. The van der Waals surface area contributed by atoms with Gasteiger partial charge in [-0.15, -0.1) is 0 Å². The molecule has 0 unspecified atom stereocenters. The second kappa shape index (κ2) is 7.89. The summed E-state index contributed by atoms with van der Waals surface area (Å²) in [5, 5.41) is 11.7. The van der Waals surface area contributed by atoms with Crippen molar-refractivity contribution in [3.05, 3.63) is 56.8 Å². The highest BCUT2D eigenvalue weighted by Gasteiger charge is 2.27. The fourth-order valence-electron chi connectivity index (χ4n) is 3.27. The molecular formula is C19H22FN3O4. The smallest absolute Gasteiger partial charge is 0.278 e. The lowest BCUT2D eigenvalue weighted by Crippen LogP contribution is -2.32. The summed E-state index contributed by atoms with van der Waals surface area (Å²) >= 11 is 0. The van der Waals surface area contributed by atoms with Gasteiger partial charge in [-0.2, -0.15) is 0 Å². The molecule has 7 nitrogen and oxygen atoms in total. The lowest BCUT2D eigenvalue weighted by atomic mass is 10.0. The number of hydroxylamine groups is 1. The van der Waals surface area contributed by atoms with Crippen LogP contribution in [0, 0.1) is 19.7 Å². The lowest BCUT2D eigenvalue weighted by molar-refractivity contribution is 0.0168. The topological polar surface area (TPSA) is 92.6 Å². The summed E-state index contributed by atoms with van der Waals surface area (Å²) in [7, 11) is 0. The van der Waals surface area contributed by atoms with Crippen molar-refractivity contribution in [2.75, 3.05) is 18.5 Å². The number of nitrogens with zero attached hydrogens (tertiary/aromatic N) is 1. The van der Waals surface area contributed by atoms with E-state index >= 15 is 0 Å². The van der Waals surface area contributed by atoms with E-state index in [9.17, 15) is 14.0 Å². The van der Waals surface area contributed by atoms with Gasteiger partial charge in [0.15, 0.2) is 0 Å². The van der Waals surface area contributed by atoms with E-state index in [1.807, 2.05) is 0 Å². The number of halogens is 1. The van der Waals surface area contributed by atoms with Gasteiger partial charge in [0, 0.05) is 17.8 Å². The summed E-state index contributed by atoms with van der Waals surface area (Å²) in [6.45, 7) is 3.61. The van der Waals surface area contributed by atoms with E-state index in [4.69, 9.17) is 9.94 Å². The molecule has 3 rings (SSSR count). The van der Waals surface area contributed by atoms with Crippen LogP contribution in [0.3, 0.4) is 0 Å². The highest BCUT2D eigenvalue weighted by molar-refractivity contribution is 6.01. The highest BCUT2D eigenvalue weighted by Crippen LogP contribution is 2.30. The molecule has 0 saturated heterocycles. The Kier molecular flexibility index (Phi) is 5.57. The SMILES string of the molecule is Cc1ccc(Nc2c(C(=O)NOCCO)c3n(c(=O)c2C)CCC3)c(F)c1. The molecule has 27 heavy (non-hydrogen) atoms. The highest BCUT2D eigenvalue weighted by atomic mass is 19.1. The number of carbonyl (C=O) groups excluding carboxylic acids is 1. The van der Waals surface area contributed by atoms with Crippen LogP contribution in [0.4, 0.5) is 15.8 Å². The zero-order valence-electron chi connectivity index (χ0n) is 15.3. The maximum Gasteiger partial charge on any atom is 0.278 e. The summed E-state index contributed by atoms with van der Waals surface area (Å²) in [6.07, 6.45) is 1.30. The van der Waals surface area contributed by atoms with E-state index in [0.717, 1.165) is 12.0 Å². The normalized spacial score (nSPS) is 12.7. The average molecular weight is 375 g/mol. The standard InChI is InChI=1S/C19H22FN3O4/c1-11-5-6-14(13(20)10-11)21-17-12(2)19(26)23-7-3-4-15(23)16(17)18(25)22-27-9-8-24/h5-6,10,21,24H,3-4,7-9H2,1-2H3,(H,22,25). The predicted octanol–water partition coefficient (Wildman–Crippen LogP) is 1.95. The van der Waals surface area contributed by atoms with E-state index < -0.39 is 11.7 Å². The Bertz CT molecular complexity index is 940. The fraction of sp³-hybridized carbons (Fsp3) is 0.368. The second-order valence-corrected chi connectivity index (χ2v) is 6.49. The number of aromatic nitrogens is 1. The number of amides is 1. The van der Waals surface area contributed by atoms with Crippen LogP contribution < -0.4 is 16.4 Å². The second-order valence-electron chi connectivity index (χ2n) is 6.49. The zero-order chi connectivity index (χ0) is 19.6. The van der Waals surface area contributed by atoms with E-state index in [1.54, 1.807) is 30.5 Å². The number of pyridine rings is 1. The van der Waals surface area contributed by atoms with Gasteiger partial charge in [-0.3, -0.25) is 14.4 Å². The molecule has 1 aromatic heterocycles. The first-order chi connectivity index (χ1) is 12.9. The first kappa shape index (κ1) is 19.1. The number of fused-ring (bicyclic) bond motifs is 1. The van der Waals surface area contributed by atoms with Crippen molar-refractivity contribution in [3.8, 4) is 0 Å². The minimum atomic E-state index is -0.549. The summed E-state index contributed by atoms with van der Waals surface area (Å²) in [5.74, 6) is -1.02. The third kappa shape index (κ3) is 3.72. The van der Waals surface area contributed by atoms with E-state index in [1.165, 1.54) is 6.07 Å². The van der Waals surface area contributed by atoms with Crippen LogP contribution in [0.2, 0.25) is 0 Å². The number of carbonyl (C=O) groups is 1. The number of hydrogen-bond donors (Lipinski definition) is 3. The molecule has 2 aromatic rings. The monoisotopic (exact) mass is 375 g/mol. The van der Waals surface area contributed by atoms with Crippen molar-refractivity contribution >= 4 is 17.3 Å². The molecule has 0 saturated carbocycles. The van der Waals surface area contributed by atoms with Crippen LogP contribution in [-0.4, -0.2) is 28.8 Å². The molecule has 0 bridgehead atoms. The molecule has 3 N–H and O–H groups in total. The number of aryl methyl sites for hydroxylation is 1. The minimum Gasteiger partial charge on any atom is -0.394 e. The maximum atomic E-state index is 14.3. The van der Waals surface area contributed by atoms with Gasteiger partial charge in [-0.1, -0.05) is 6.07 Å². The van der Waals surface area contributed by atoms with Gasteiger partial charge in [0.2, 0.25) is 0 Å².